The predicted molar refractivity (Wildman–Crippen MR) is 58.2 cm³/mol. The smallest absolute Gasteiger partial charge is 0.239 e. The monoisotopic (exact) mass is 218 g/mol. The Morgan fingerprint density at radius 3 is 2.07 bits per heavy atom. The van der Waals surface area contributed by atoms with Crippen LogP contribution in [0, 0.1) is 5.92 Å². The molecule has 15 heavy (non-hydrogen) atoms. The van der Waals surface area contributed by atoms with Gasteiger partial charge in [-0.25, -0.2) is 0 Å². The van der Waals surface area contributed by atoms with Crippen LogP contribution in [-0.4, -0.2) is 53.4 Å². The van der Waals surface area contributed by atoms with Crippen molar-refractivity contribution in [2.45, 2.75) is 26.3 Å². The van der Waals surface area contributed by atoms with Gasteiger partial charge in [0.25, 0.3) is 0 Å². The number of aliphatic hydroxyl groups excluding tert-OH is 2. The van der Waals surface area contributed by atoms with E-state index in [1.807, 2.05) is 13.8 Å². The largest absolute Gasteiger partial charge is 0.395 e. The number of hydrogen-bond acceptors (Lipinski definition) is 4. The summed E-state index contributed by atoms with van der Waals surface area (Å²) < 4.78 is 0. The van der Waals surface area contributed by atoms with E-state index >= 15 is 0 Å². The van der Waals surface area contributed by atoms with Gasteiger partial charge in [-0.3, -0.25) is 4.79 Å². The summed E-state index contributed by atoms with van der Waals surface area (Å²) in [4.78, 5) is 13.1. The van der Waals surface area contributed by atoms with Crippen molar-refractivity contribution in [3.63, 3.8) is 0 Å². The molecule has 0 aliphatic rings. The standard InChI is InChI=1S/C10H22N2O3/c1-8(2)7-9(11)10(15)12(3-5-13)4-6-14/h8-9,13-14H,3-7,11H2,1-2H3. The normalized spacial score (nSPS) is 12.9. The van der Waals surface area contributed by atoms with Crippen LogP contribution in [0.5, 0.6) is 0 Å². The molecule has 5 heteroatoms. The molecule has 0 heterocycles. The lowest BCUT2D eigenvalue weighted by Gasteiger charge is -2.24. The molecule has 0 aromatic heterocycles. The highest BCUT2D eigenvalue weighted by Crippen LogP contribution is 2.05. The van der Waals surface area contributed by atoms with Gasteiger partial charge in [0, 0.05) is 13.1 Å². The molecule has 1 atom stereocenters. The van der Waals surface area contributed by atoms with Gasteiger partial charge in [0.15, 0.2) is 0 Å². The first-order valence-electron chi connectivity index (χ1n) is 5.29. The molecule has 1 unspecified atom stereocenters. The van der Waals surface area contributed by atoms with Gasteiger partial charge in [-0.05, 0) is 12.3 Å². The first kappa shape index (κ1) is 14.3. The molecule has 0 rings (SSSR count). The Kier molecular flexibility index (Phi) is 7.29. The molecule has 0 saturated heterocycles. The van der Waals surface area contributed by atoms with Gasteiger partial charge in [-0.1, -0.05) is 13.8 Å². The second kappa shape index (κ2) is 7.62. The summed E-state index contributed by atoms with van der Waals surface area (Å²) in [6.07, 6.45) is 0.617. The van der Waals surface area contributed by atoms with Gasteiger partial charge < -0.3 is 20.8 Å². The Morgan fingerprint density at radius 1 is 1.27 bits per heavy atom. The Labute approximate surface area is 90.9 Å². The number of aliphatic hydroxyl groups is 2. The van der Waals surface area contributed by atoms with Gasteiger partial charge in [-0.15, -0.1) is 0 Å². The molecule has 0 saturated carbocycles. The van der Waals surface area contributed by atoms with Crippen LogP contribution >= 0.6 is 0 Å². The topological polar surface area (TPSA) is 86.8 Å². The summed E-state index contributed by atoms with van der Waals surface area (Å²) in [7, 11) is 0. The fourth-order valence-electron chi connectivity index (χ4n) is 1.42. The van der Waals surface area contributed by atoms with Crippen molar-refractivity contribution in [3.05, 3.63) is 0 Å². The molecule has 5 nitrogen and oxygen atoms in total. The lowest BCUT2D eigenvalue weighted by molar-refractivity contribution is -0.134. The Bertz CT molecular complexity index is 180. The van der Waals surface area contributed by atoms with E-state index in [-0.39, 0.29) is 32.2 Å². The average Bonchev–Trinajstić information content (AvgIpc) is 2.15. The third-order valence-electron chi connectivity index (χ3n) is 2.09. The zero-order valence-corrected chi connectivity index (χ0v) is 9.52. The van der Waals surface area contributed by atoms with Crippen molar-refractivity contribution < 1.29 is 15.0 Å². The summed E-state index contributed by atoms with van der Waals surface area (Å²) >= 11 is 0. The number of nitrogens with zero attached hydrogens (tertiary/aromatic N) is 1. The maximum atomic E-state index is 11.7. The SMILES string of the molecule is CC(C)CC(N)C(=O)N(CCO)CCO. The maximum absolute atomic E-state index is 11.7. The van der Waals surface area contributed by atoms with Crippen LogP contribution in [0.4, 0.5) is 0 Å². The molecule has 1 amide bonds. The summed E-state index contributed by atoms with van der Waals surface area (Å²) in [6.45, 7) is 4.22. The van der Waals surface area contributed by atoms with E-state index in [4.69, 9.17) is 15.9 Å². The molecule has 0 aromatic rings. The maximum Gasteiger partial charge on any atom is 0.239 e. The van der Waals surface area contributed by atoms with E-state index < -0.39 is 6.04 Å². The summed E-state index contributed by atoms with van der Waals surface area (Å²) in [5, 5.41) is 17.5. The van der Waals surface area contributed by atoms with Gasteiger partial charge in [0.1, 0.15) is 0 Å². The van der Waals surface area contributed by atoms with E-state index in [0.717, 1.165) is 0 Å². The van der Waals surface area contributed by atoms with E-state index in [0.29, 0.717) is 12.3 Å². The Morgan fingerprint density at radius 2 is 1.73 bits per heavy atom. The molecule has 90 valence electrons. The van der Waals surface area contributed by atoms with Gasteiger partial charge in [0.05, 0.1) is 19.3 Å². The number of carbonyl (C=O) groups excluding carboxylic acids is 1. The van der Waals surface area contributed by atoms with Crippen LogP contribution in [0.25, 0.3) is 0 Å². The molecule has 0 bridgehead atoms. The zero-order chi connectivity index (χ0) is 11.8. The highest BCUT2D eigenvalue weighted by molar-refractivity contribution is 5.81. The summed E-state index contributed by atoms with van der Waals surface area (Å²) in [5.41, 5.74) is 5.73. The molecule has 0 fully saturated rings. The van der Waals surface area contributed by atoms with Crippen LogP contribution in [0.15, 0.2) is 0 Å². The number of amides is 1. The third kappa shape index (κ3) is 5.71. The minimum atomic E-state index is -0.539. The van der Waals surface area contributed by atoms with Crippen molar-refractivity contribution in [2.24, 2.45) is 11.7 Å². The average molecular weight is 218 g/mol. The molecule has 4 N–H and O–H groups in total. The number of carbonyl (C=O) groups is 1. The third-order valence-corrected chi connectivity index (χ3v) is 2.09. The van der Waals surface area contributed by atoms with E-state index in [1.165, 1.54) is 4.90 Å². The molecule has 0 aromatic carbocycles. The van der Waals surface area contributed by atoms with Crippen molar-refractivity contribution in [1.82, 2.24) is 4.90 Å². The van der Waals surface area contributed by atoms with Crippen molar-refractivity contribution >= 4 is 5.91 Å². The molecule has 0 aliphatic carbocycles. The summed E-state index contributed by atoms with van der Waals surface area (Å²) in [6, 6.07) is -0.539. The number of hydrogen-bond donors (Lipinski definition) is 3. The minimum absolute atomic E-state index is 0.111. The second-order valence-electron chi connectivity index (χ2n) is 4.01. The highest BCUT2D eigenvalue weighted by atomic mass is 16.3. The second-order valence-corrected chi connectivity index (χ2v) is 4.01. The van der Waals surface area contributed by atoms with Crippen LogP contribution < -0.4 is 5.73 Å². The lowest BCUT2D eigenvalue weighted by atomic mass is 10.0. The van der Waals surface area contributed by atoms with Crippen molar-refractivity contribution in [1.29, 1.82) is 0 Å². The molecule has 0 spiro atoms. The van der Waals surface area contributed by atoms with Crippen molar-refractivity contribution in [2.75, 3.05) is 26.3 Å². The highest BCUT2D eigenvalue weighted by Gasteiger charge is 2.20. The number of rotatable bonds is 7. The van der Waals surface area contributed by atoms with Gasteiger partial charge in [0.2, 0.25) is 5.91 Å². The number of nitrogens with two attached hydrogens (primary N) is 1. The molecular formula is C10H22N2O3. The van der Waals surface area contributed by atoms with E-state index in [2.05, 4.69) is 0 Å². The minimum Gasteiger partial charge on any atom is -0.395 e. The zero-order valence-electron chi connectivity index (χ0n) is 9.52. The van der Waals surface area contributed by atoms with E-state index in [9.17, 15) is 4.79 Å². The quantitative estimate of drug-likeness (QED) is 0.520. The molecular weight excluding hydrogens is 196 g/mol. The predicted octanol–water partition coefficient (Wildman–Crippen LogP) is -0.827. The summed E-state index contributed by atoms with van der Waals surface area (Å²) in [5.74, 6) is 0.154. The first-order chi connectivity index (χ1) is 7.02. The van der Waals surface area contributed by atoms with Crippen LogP contribution in [0.3, 0.4) is 0 Å². The van der Waals surface area contributed by atoms with Gasteiger partial charge in [-0.2, -0.15) is 0 Å². The van der Waals surface area contributed by atoms with Crippen molar-refractivity contribution in [3.8, 4) is 0 Å². The van der Waals surface area contributed by atoms with E-state index in [1.54, 1.807) is 0 Å². The Balaban J connectivity index is 4.21. The molecule has 0 aliphatic heterocycles. The molecule has 0 radical (unpaired) electrons. The van der Waals surface area contributed by atoms with Gasteiger partial charge >= 0.3 is 0 Å². The van der Waals surface area contributed by atoms with Crippen LogP contribution in [-0.2, 0) is 4.79 Å². The van der Waals surface area contributed by atoms with Crippen LogP contribution in [0.2, 0.25) is 0 Å². The first-order valence-corrected chi connectivity index (χ1v) is 5.29. The van der Waals surface area contributed by atoms with Crippen LogP contribution in [0.1, 0.15) is 20.3 Å². The lowest BCUT2D eigenvalue weighted by Crippen LogP contribution is -2.46. The fourth-order valence-corrected chi connectivity index (χ4v) is 1.42. The fraction of sp³-hybridized carbons (Fsp3) is 0.900. The Hall–Kier alpha value is -0.650.